The van der Waals surface area contributed by atoms with Crippen molar-refractivity contribution in [2.75, 3.05) is 17.6 Å². The topological polar surface area (TPSA) is 38.0 Å². The third-order valence-electron chi connectivity index (χ3n) is 3.29. The monoisotopic (exact) mass is 314 g/mol. The summed E-state index contributed by atoms with van der Waals surface area (Å²) in [6, 6.07) is 7.40. The SMILES string of the molecule is CC(C)(CNc1ccc(C(F)(F)F)cc1N)c1cccs1. The summed E-state index contributed by atoms with van der Waals surface area (Å²) < 4.78 is 37.8. The van der Waals surface area contributed by atoms with E-state index in [1.54, 1.807) is 11.3 Å². The molecule has 0 saturated carbocycles. The van der Waals surface area contributed by atoms with Gasteiger partial charge in [0.05, 0.1) is 16.9 Å². The number of nitrogens with two attached hydrogens (primary N) is 1. The minimum atomic E-state index is -4.37. The molecule has 2 aromatic rings. The molecule has 0 unspecified atom stereocenters. The Kier molecular flexibility index (Phi) is 4.18. The summed E-state index contributed by atoms with van der Waals surface area (Å²) in [7, 11) is 0. The van der Waals surface area contributed by atoms with Gasteiger partial charge in [0.15, 0.2) is 0 Å². The highest BCUT2D eigenvalue weighted by Crippen LogP contribution is 2.34. The molecule has 3 N–H and O–H groups in total. The molecule has 0 amide bonds. The molecule has 1 aromatic heterocycles. The highest BCUT2D eigenvalue weighted by atomic mass is 32.1. The number of nitrogens with one attached hydrogen (secondary N) is 1. The Labute approximate surface area is 125 Å². The molecule has 6 heteroatoms. The number of alkyl halides is 3. The Morgan fingerprint density at radius 2 is 1.90 bits per heavy atom. The molecule has 0 fully saturated rings. The van der Waals surface area contributed by atoms with E-state index >= 15 is 0 Å². The third kappa shape index (κ3) is 3.69. The molecule has 21 heavy (non-hydrogen) atoms. The Hall–Kier alpha value is -1.69. The second-order valence-electron chi connectivity index (χ2n) is 5.51. The van der Waals surface area contributed by atoms with Gasteiger partial charge in [-0.2, -0.15) is 13.2 Å². The summed E-state index contributed by atoms with van der Waals surface area (Å²) in [6.45, 7) is 4.74. The van der Waals surface area contributed by atoms with Crippen molar-refractivity contribution < 1.29 is 13.2 Å². The molecule has 0 bridgehead atoms. The van der Waals surface area contributed by atoms with E-state index in [1.165, 1.54) is 10.9 Å². The molecule has 1 heterocycles. The molecule has 0 atom stereocenters. The van der Waals surface area contributed by atoms with E-state index in [0.717, 1.165) is 12.1 Å². The summed E-state index contributed by atoms with van der Waals surface area (Å²) in [5.74, 6) is 0. The van der Waals surface area contributed by atoms with Crippen molar-refractivity contribution in [2.24, 2.45) is 0 Å². The summed E-state index contributed by atoms with van der Waals surface area (Å²) in [5.41, 5.74) is 5.48. The summed E-state index contributed by atoms with van der Waals surface area (Å²) in [5, 5.41) is 5.14. The maximum Gasteiger partial charge on any atom is 0.416 e. The average molecular weight is 314 g/mol. The van der Waals surface area contributed by atoms with Crippen molar-refractivity contribution in [2.45, 2.75) is 25.4 Å². The number of nitrogen functional groups attached to an aromatic ring is 1. The van der Waals surface area contributed by atoms with Crippen LogP contribution < -0.4 is 11.1 Å². The molecule has 1 aromatic carbocycles. The van der Waals surface area contributed by atoms with E-state index < -0.39 is 11.7 Å². The maximum atomic E-state index is 12.6. The first-order valence-corrected chi connectivity index (χ1v) is 7.33. The van der Waals surface area contributed by atoms with Crippen molar-refractivity contribution in [1.29, 1.82) is 0 Å². The van der Waals surface area contributed by atoms with Crippen molar-refractivity contribution in [3.8, 4) is 0 Å². The van der Waals surface area contributed by atoms with Crippen molar-refractivity contribution in [3.63, 3.8) is 0 Å². The number of halogens is 3. The van der Waals surface area contributed by atoms with Crippen LogP contribution in [0.15, 0.2) is 35.7 Å². The predicted molar refractivity (Wildman–Crippen MR) is 81.7 cm³/mol. The Balaban J connectivity index is 2.11. The number of thiophene rings is 1. The predicted octanol–water partition coefficient (Wildman–Crippen LogP) is 4.74. The van der Waals surface area contributed by atoms with Gasteiger partial charge in [-0.3, -0.25) is 0 Å². The van der Waals surface area contributed by atoms with Gasteiger partial charge in [-0.05, 0) is 29.6 Å². The van der Waals surface area contributed by atoms with Crippen LogP contribution in [-0.4, -0.2) is 6.54 Å². The lowest BCUT2D eigenvalue weighted by atomic mass is 9.91. The third-order valence-corrected chi connectivity index (χ3v) is 4.52. The van der Waals surface area contributed by atoms with E-state index in [1.807, 2.05) is 17.5 Å². The van der Waals surface area contributed by atoms with Gasteiger partial charge in [-0.15, -0.1) is 11.3 Å². The fourth-order valence-corrected chi connectivity index (χ4v) is 2.82. The quantitative estimate of drug-likeness (QED) is 0.800. The van der Waals surface area contributed by atoms with E-state index in [0.29, 0.717) is 12.2 Å². The van der Waals surface area contributed by atoms with E-state index in [2.05, 4.69) is 19.2 Å². The zero-order valence-corrected chi connectivity index (χ0v) is 12.6. The number of hydrogen-bond donors (Lipinski definition) is 2. The minimum Gasteiger partial charge on any atom is -0.397 e. The van der Waals surface area contributed by atoms with Crippen molar-refractivity contribution >= 4 is 22.7 Å². The Bertz CT molecular complexity index is 604. The van der Waals surface area contributed by atoms with Gasteiger partial charge in [-0.1, -0.05) is 19.9 Å². The molecule has 2 nitrogen and oxygen atoms in total. The zero-order chi connectivity index (χ0) is 15.7. The molecule has 0 saturated heterocycles. The number of anilines is 2. The fraction of sp³-hybridized carbons (Fsp3) is 0.333. The minimum absolute atomic E-state index is 0.104. The van der Waals surface area contributed by atoms with Crippen molar-refractivity contribution in [1.82, 2.24) is 0 Å². The summed E-state index contributed by atoms with van der Waals surface area (Å²) >= 11 is 1.66. The number of rotatable bonds is 4. The van der Waals surface area contributed by atoms with Gasteiger partial charge >= 0.3 is 6.18 Å². The first-order chi connectivity index (χ1) is 9.70. The first kappa shape index (κ1) is 15.7. The lowest BCUT2D eigenvalue weighted by molar-refractivity contribution is -0.137. The van der Waals surface area contributed by atoms with Crippen LogP contribution in [0.3, 0.4) is 0 Å². The van der Waals surface area contributed by atoms with Gasteiger partial charge in [0.25, 0.3) is 0 Å². The molecular weight excluding hydrogens is 297 g/mol. The van der Waals surface area contributed by atoms with Gasteiger partial charge in [0.1, 0.15) is 0 Å². The lowest BCUT2D eigenvalue weighted by Gasteiger charge is -2.25. The smallest absolute Gasteiger partial charge is 0.397 e. The van der Waals surface area contributed by atoms with Gasteiger partial charge < -0.3 is 11.1 Å². The molecule has 0 aliphatic rings. The normalized spacial score (nSPS) is 12.4. The molecule has 0 aliphatic carbocycles. The highest BCUT2D eigenvalue weighted by molar-refractivity contribution is 7.10. The van der Waals surface area contributed by atoms with Crippen LogP contribution in [0.5, 0.6) is 0 Å². The second-order valence-corrected chi connectivity index (χ2v) is 6.46. The molecule has 0 spiro atoms. The standard InChI is InChI=1S/C15H17F3N2S/c1-14(2,13-4-3-7-21-13)9-20-12-6-5-10(8-11(12)19)15(16,17)18/h3-8,20H,9,19H2,1-2H3. The second kappa shape index (κ2) is 5.60. The largest absolute Gasteiger partial charge is 0.416 e. The molecule has 0 radical (unpaired) electrons. The van der Waals surface area contributed by atoms with Gasteiger partial charge in [0.2, 0.25) is 0 Å². The highest BCUT2D eigenvalue weighted by Gasteiger charge is 2.31. The molecule has 0 aliphatic heterocycles. The molecular formula is C15H17F3N2S. The van der Waals surface area contributed by atoms with E-state index in [4.69, 9.17) is 5.73 Å². The van der Waals surface area contributed by atoms with E-state index in [9.17, 15) is 13.2 Å². The Morgan fingerprint density at radius 1 is 1.19 bits per heavy atom. The van der Waals surface area contributed by atoms with Gasteiger partial charge in [-0.25, -0.2) is 0 Å². The molecule has 2 rings (SSSR count). The van der Waals surface area contributed by atoms with Crippen LogP contribution in [0.25, 0.3) is 0 Å². The first-order valence-electron chi connectivity index (χ1n) is 6.45. The van der Waals surface area contributed by atoms with Crippen LogP contribution in [0, 0.1) is 0 Å². The molecule has 114 valence electrons. The van der Waals surface area contributed by atoms with Gasteiger partial charge in [0, 0.05) is 16.8 Å². The lowest BCUT2D eigenvalue weighted by Crippen LogP contribution is -2.26. The van der Waals surface area contributed by atoms with E-state index in [-0.39, 0.29) is 11.1 Å². The van der Waals surface area contributed by atoms with Crippen LogP contribution >= 0.6 is 11.3 Å². The van der Waals surface area contributed by atoms with Crippen LogP contribution in [-0.2, 0) is 11.6 Å². The Morgan fingerprint density at radius 3 is 2.43 bits per heavy atom. The maximum absolute atomic E-state index is 12.6. The number of benzene rings is 1. The number of hydrogen-bond acceptors (Lipinski definition) is 3. The summed E-state index contributed by atoms with van der Waals surface area (Å²) in [4.78, 5) is 1.21. The van der Waals surface area contributed by atoms with Crippen LogP contribution in [0.2, 0.25) is 0 Å². The summed E-state index contributed by atoms with van der Waals surface area (Å²) in [6.07, 6.45) is -4.37. The van der Waals surface area contributed by atoms with Crippen LogP contribution in [0.4, 0.5) is 24.5 Å². The fourth-order valence-electron chi connectivity index (χ4n) is 1.97. The van der Waals surface area contributed by atoms with Crippen LogP contribution in [0.1, 0.15) is 24.3 Å². The van der Waals surface area contributed by atoms with Crippen molar-refractivity contribution in [3.05, 3.63) is 46.2 Å². The zero-order valence-electron chi connectivity index (χ0n) is 11.8. The average Bonchev–Trinajstić information content (AvgIpc) is 2.90.